The van der Waals surface area contributed by atoms with Gasteiger partial charge in [-0.15, -0.1) is 5.10 Å². The van der Waals surface area contributed by atoms with E-state index in [0.29, 0.717) is 37.1 Å². The largest absolute Gasteiger partial charge is 0.337 e. The smallest absolute Gasteiger partial charge is 0.272 e. The third-order valence-corrected chi connectivity index (χ3v) is 5.15. The molecule has 0 bridgehead atoms. The Morgan fingerprint density at radius 2 is 2.00 bits per heavy atom. The highest BCUT2D eigenvalue weighted by atomic mass is 16.2. The molecular formula is C19H23N7O2. The lowest BCUT2D eigenvalue weighted by molar-refractivity contribution is 0.0669. The standard InChI is InChI=1S/C19H23N7O2/c1-14-12-16(23(2)21-14)19(28)24-10-6-15(7-11-24)13-26-18(27)5-4-17(22-26)25-9-3-8-20-25/h3-5,8-9,12,15H,6-7,10-11,13H2,1-2H3. The molecule has 3 aromatic heterocycles. The molecule has 146 valence electrons. The summed E-state index contributed by atoms with van der Waals surface area (Å²) in [6.45, 7) is 3.76. The second-order valence-corrected chi connectivity index (χ2v) is 7.19. The minimum Gasteiger partial charge on any atom is -0.337 e. The fourth-order valence-corrected chi connectivity index (χ4v) is 3.63. The molecule has 1 fully saturated rings. The maximum Gasteiger partial charge on any atom is 0.272 e. The molecule has 0 aromatic carbocycles. The Bertz CT molecular complexity index is 1030. The third-order valence-electron chi connectivity index (χ3n) is 5.15. The highest BCUT2D eigenvalue weighted by molar-refractivity contribution is 5.92. The second-order valence-electron chi connectivity index (χ2n) is 7.19. The maximum absolute atomic E-state index is 12.7. The zero-order valence-electron chi connectivity index (χ0n) is 16.0. The van der Waals surface area contributed by atoms with Gasteiger partial charge >= 0.3 is 0 Å². The van der Waals surface area contributed by atoms with Gasteiger partial charge < -0.3 is 4.90 Å². The molecule has 28 heavy (non-hydrogen) atoms. The minimum atomic E-state index is -0.125. The zero-order valence-corrected chi connectivity index (χ0v) is 16.0. The Morgan fingerprint density at radius 3 is 2.64 bits per heavy atom. The van der Waals surface area contributed by atoms with Crippen molar-refractivity contribution in [1.82, 2.24) is 34.2 Å². The quantitative estimate of drug-likeness (QED) is 0.673. The van der Waals surface area contributed by atoms with E-state index in [2.05, 4.69) is 15.3 Å². The fraction of sp³-hybridized carbons (Fsp3) is 0.421. The molecule has 3 aromatic rings. The van der Waals surface area contributed by atoms with Crippen molar-refractivity contribution in [3.05, 3.63) is 58.4 Å². The molecule has 1 aliphatic heterocycles. The van der Waals surface area contributed by atoms with Gasteiger partial charge in [0.15, 0.2) is 5.82 Å². The summed E-state index contributed by atoms with van der Waals surface area (Å²) in [5.74, 6) is 0.928. The Morgan fingerprint density at radius 1 is 1.21 bits per heavy atom. The Hall–Kier alpha value is -3.23. The van der Waals surface area contributed by atoms with E-state index in [4.69, 9.17) is 0 Å². The van der Waals surface area contributed by atoms with Gasteiger partial charge in [0.05, 0.1) is 5.69 Å². The first-order chi connectivity index (χ1) is 13.5. The zero-order chi connectivity index (χ0) is 19.7. The van der Waals surface area contributed by atoms with Crippen molar-refractivity contribution in [3.8, 4) is 5.82 Å². The summed E-state index contributed by atoms with van der Waals surface area (Å²) in [5.41, 5.74) is 1.32. The van der Waals surface area contributed by atoms with E-state index in [0.717, 1.165) is 18.5 Å². The SMILES string of the molecule is Cc1cc(C(=O)N2CCC(Cn3nc(-n4cccn4)ccc3=O)CC2)n(C)n1. The van der Waals surface area contributed by atoms with Crippen LogP contribution in [0.3, 0.4) is 0 Å². The topological polar surface area (TPSA) is 90.8 Å². The Kier molecular flexibility index (Phi) is 4.81. The predicted molar refractivity (Wildman–Crippen MR) is 102 cm³/mol. The molecule has 4 rings (SSSR count). The molecule has 0 unspecified atom stereocenters. The number of nitrogens with zero attached hydrogens (tertiary/aromatic N) is 7. The molecule has 1 saturated heterocycles. The average Bonchev–Trinajstić information content (AvgIpc) is 3.33. The third kappa shape index (κ3) is 3.60. The van der Waals surface area contributed by atoms with E-state index in [1.807, 2.05) is 24.0 Å². The van der Waals surface area contributed by atoms with Crippen LogP contribution in [0, 0.1) is 12.8 Å². The molecule has 0 aliphatic carbocycles. The summed E-state index contributed by atoms with van der Waals surface area (Å²) >= 11 is 0. The summed E-state index contributed by atoms with van der Waals surface area (Å²) in [5, 5.41) is 12.8. The van der Waals surface area contributed by atoms with Gasteiger partial charge in [-0.3, -0.25) is 14.3 Å². The van der Waals surface area contributed by atoms with Crippen molar-refractivity contribution in [2.45, 2.75) is 26.3 Å². The number of likely N-dealkylation sites (tertiary alicyclic amines) is 1. The van der Waals surface area contributed by atoms with Crippen molar-refractivity contribution < 1.29 is 4.79 Å². The molecule has 0 atom stereocenters. The normalized spacial score (nSPS) is 15.1. The van der Waals surface area contributed by atoms with Crippen LogP contribution in [0.5, 0.6) is 0 Å². The molecule has 0 N–H and O–H groups in total. The predicted octanol–water partition coefficient (Wildman–Crippen LogP) is 1.02. The number of amides is 1. The Balaban J connectivity index is 1.41. The van der Waals surface area contributed by atoms with Gasteiger partial charge in [0, 0.05) is 45.1 Å². The molecule has 9 nitrogen and oxygen atoms in total. The molecular weight excluding hydrogens is 358 g/mol. The summed E-state index contributed by atoms with van der Waals surface area (Å²) in [6, 6.07) is 6.82. The lowest BCUT2D eigenvalue weighted by Crippen LogP contribution is -2.41. The van der Waals surface area contributed by atoms with E-state index >= 15 is 0 Å². The van der Waals surface area contributed by atoms with Crippen molar-refractivity contribution in [3.63, 3.8) is 0 Å². The number of aromatic nitrogens is 6. The van der Waals surface area contributed by atoms with Crippen LogP contribution >= 0.6 is 0 Å². The number of carbonyl (C=O) groups excluding carboxylic acids is 1. The van der Waals surface area contributed by atoms with Gasteiger partial charge in [0.2, 0.25) is 0 Å². The van der Waals surface area contributed by atoms with E-state index in [1.165, 1.54) is 10.7 Å². The highest BCUT2D eigenvalue weighted by Gasteiger charge is 2.26. The van der Waals surface area contributed by atoms with Gasteiger partial charge in [-0.1, -0.05) is 0 Å². The highest BCUT2D eigenvalue weighted by Crippen LogP contribution is 2.20. The monoisotopic (exact) mass is 381 g/mol. The van der Waals surface area contributed by atoms with Crippen LogP contribution < -0.4 is 5.56 Å². The lowest BCUT2D eigenvalue weighted by Gasteiger charge is -2.32. The number of hydrogen-bond donors (Lipinski definition) is 0. The lowest BCUT2D eigenvalue weighted by atomic mass is 9.96. The van der Waals surface area contributed by atoms with E-state index < -0.39 is 0 Å². The number of aryl methyl sites for hydroxylation is 2. The van der Waals surface area contributed by atoms with Gasteiger partial charge in [0.1, 0.15) is 5.69 Å². The summed E-state index contributed by atoms with van der Waals surface area (Å²) in [4.78, 5) is 26.8. The molecule has 4 heterocycles. The first-order valence-electron chi connectivity index (χ1n) is 9.39. The maximum atomic E-state index is 12.7. The first-order valence-corrected chi connectivity index (χ1v) is 9.39. The van der Waals surface area contributed by atoms with E-state index in [-0.39, 0.29) is 11.5 Å². The average molecular weight is 381 g/mol. The summed E-state index contributed by atoms with van der Waals surface area (Å²) in [7, 11) is 1.79. The molecule has 0 radical (unpaired) electrons. The van der Waals surface area contributed by atoms with Crippen molar-refractivity contribution >= 4 is 5.91 Å². The minimum absolute atomic E-state index is 0.0116. The Labute approximate surface area is 162 Å². The van der Waals surface area contributed by atoms with Crippen LogP contribution in [0.2, 0.25) is 0 Å². The molecule has 9 heteroatoms. The molecule has 1 aliphatic rings. The van der Waals surface area contributed by atoms with Gasteiger partial charge in [-0.25, -0.2) is 9.36 Å². The molecule has 0 spiro atoms. The summed E-state index contributed by atoms with van der Waals surface area (Å²) in [6.07, 6.45) is 5.14. The number of piperidine rings is 1. The van der Waals surface area contributed by atoms with Crippen LogP contribution in [-0.4, -0.2) is 53.2 Å². The first kappa shape index (κ1) is 18.1. The van der Waals surface area contributed by atoms with Crippen molar-refractivity contribution in [2.75, 3.05) is 13.1 Å². The van der Waals surface area contributed by atoms with Gasteiger partial charge in [-0.05, 0) is 43.9 Å². The van der Waals surface area contributed by atoms with Gasteiger partial charge in [-0.2, -0.15) is 10.2 Å². The van der Waals surface area contributed by atoms with Crippen LogP contribution in [0.25, 0.3) is 5.82 Å². The van der Waals surface area contributed by atoms with Crippen LogP contribution in [0.4, 0.5) is 0 Å². The van der Waals surface area contributed by atoms with E-state index in [9.17, 15) is 9.59 Å². The number of rotatable bonds is 4. The van der Waals surface area contributed by atoms with Crippen LogP contribution in [0.15, 0.2) is 41.5 Å². The molecule has 1 amide bonds. The molecule has 0 saturated carbocycles. The number of carbonyl (C=O) groups is 1. The number of hydrogen-bond acceptors (Lipinski definition) is 5. The van der Waals surface area contributed by atoms with Crippen LogP contribution in [0.1, 0.15) is 29.0 Å². The van der Waals surface area contributed by atoms with Crippen molar-refractivity contribution in [1.29, 1.82) is 0 Å². The van der Waals surface area contributed by atoms with Gasteiger partial charge in [0.25, 0.3) is 11.5 Å². The van der Waals surface area contributed by atoms with E-state index in [1.54, 1.807) is 34.9 Å². The van der Waals surface area contributed by atoms with Crippen molar-refractivity contribution in [2.24, 2.45) is 13.0 Å². The second kappa shape index (κ2) is 7.41. The summed E-state index contributed by atoms with van der Waals surface area (Å²) < 4.78 is 4.77. The fourth-order valence-electron chi connectivity index (χ4n) is 3.63. The van der Waals surface area contributed by atoms with Crippen LogP contribution in [-0.2, 0) is 13.6 Å².